The molecule has 0 aliphatic rings. The van der Waals surface area contributed by atoms with E-state index >= 15 is 0 Å². The molecule has 1 unspecified atom stereocenters. The second-order valence-electron chi connectivity index (χ2n) is 5.18. The van der Waals surface area contributed by atoms with Crippen molar-refractivity contribution in [1.82, 2.24) is 5.32 Å². The quantitative estimate of drug-likeness (QED) is 0.870. The van der Waals surface area contributed by atoms with E-state index in [1.165, 1.54) is 10.0 Å². The van der Waals surface area contributed by atoms with Crippen LogP contribution in [0.1, 0.15) is 39.3 Å². The van der Waals surface area contributed by atoms with Gasteiger partial charge in [-0.05, 0) is 24.0 Å². The van der Waals surface area contributed by atoms with Gasteiger partial charge in [0.15, 0.2) is 0 Å². The first kappa shape index (κ1) is 12.7. The zero-order valence-electron chi connectivity index (χ0n) is 9.97. The second-order valence-corrected chi connectivity index (χ2v) is 6.04. The Morgan fingerprint density at radius 2 is 1.87 bits per heavy atom. The van der Waals surface area contributed by atoms with Gasteiger partial charge in [0, 0.05) is 17.1 Å². The SMILES string of the molecule is CC(NCC(C)(C)C)c1ccccc1Br. The highest BCUT2D eigenvalue weighted by Gasteiger charge is 2.13. The minimum absolute atomic E-state index is 0.329. The van der Waals surface area contributed by atoms with Gasteiger partial charge in [-0.15, -0.1) is 0 Å². The second kappa shape index (κ2) is 5.13. The van der Waals surface area contributed by atoms with Crippen molar-refractivity contribution < 1.29 is 0 Å². The van der Waals surface area contributed by atoms with Crippen LogP contribution in [0.5, 0.6) is 0 Å². The zero-order valence-corrected chi connectivity index (χ0v) is 11.6. The lowest BCUT2D eigenvalue weighted by Gasteiger charge is -2.23. The predicted octanol–water partition coefficient (Wildman–Crippen LogP) is 4.15. The Morgan fingerprint density at radius 1 is 1.27 bits per heavy atom. The van der Waals surface area contributed by atoms with Crippen LogP contribution >= 0.6 is 15.9 Å². The molecule has 0 bridgehead atoms. The monoisotopic (exact) mass is 269 g/mol. The van der Waals surface area contributed by atoms with E-state index in [1.807, 2.05) is 6.07 Å². The molecule has 0 aromatic heterocycles. The summed E-state index contributed by atoms with van der Waals surface area (Å²) < 4.78 is 1.18. The highest BCUT2D eigenvalue weighted by Crippen LogP contribution is 2.23. The van der Waals surface area contributed by atoms with Crippen LogP contribution in [0.4, 0.5) is 0 Å². The van der Waals surface area contributed by atoms with E-state index in [-0.39, 0.29) is 0 Å². The number of halogens is 1. The fraction of sp³-hybridized carbons (Fsp3) is 0.538. The summed E-state index contributed by atoms with van der Waals surface area (Å²) in [5.74, 6) is 0. The van der Waals surface area contributed by atoms with Crippen LogP contribution < -0.4 is 5.32 Å². The van der Waals surface area contributed by atoms with E-state index in [9.17, 15) is 0 Å². The molecule has 0 aliphatic carbocycles. The van der Waals surface area contributed by atoms with Gasteiger partial charge in [-0.2, -0.15) is 0 Å². The number of nitrogens with one attached hydrogen (secondary N) is 1. The normalized spacial score (nSPS) is 13.9. The van der Waals surface area contributed by atoms with Crippen LogP contribution in [0.3, 0.4) is 0 Å². The molecule has 0 amide bonds. The number of hydrogen-bond acceptors (Lipinski definition) is 1. The molecule has 1 aromatic carbocycles. The minimum Gasteiger partial charge on any atom is -0.310 e. The molecule has 0 saturated carbocycles. The smallest absolute Gasteiger partial charge is 0.0303 e. The maximum atomic E-state index is 3.58. The van der Waals surface area contributed by atoms with Gasteiger partial charge < -0.3 is 5.32 Å². The first-order valence-corrected chi connectivity index (χ1v) is 6.17. The summed E-state index contributed by atoms with van der Waals surface area (Å²) in [6.07, 6.45) is 0. The molecular formula is C13H20BrN. The Hall–Kier alpha value is -0.340. The number of rotatable bonds is 3. The topological polar surface area (TPSA) is 12.0 Å². The van der Waals surface area contributed by atoms with Gasteiger partial charge >= 0.3 is 0 Å². The third-order valence-electron chi connectivity index (χ3n) is 2.31. The van der Waals surface area contributed by atoms with Crippen molar-refractivity contribution in [3.63, 3.8) is 0 Å². The maximum absolute atomic E-state index is 3.58. The van der Waals surface area contributed by atoms with Crippen LogP contribution in [0.2, 0.25) is 0 Å². The predicted molar refractivity (Wildman–Crippen MR) is 70.0 cm³/mol. The zero-order chi connectivity index (χ0) is 11.5. The first-order chi connectivity index (χ1) is 6.90. The van der Waals surface area contributed by atoms with Crippen molar-refractivity contribution in [3.8, 4) is 0 Å². The lowest BCUT2D eigenvalue weighted by molar-refractivity contribution is 0.359. The van der Waals surface area contributed by atoms with Gasteiger partial charge in [0.2, 0.25) is 0 Å². The number of benzene rings is 1. The maximum Gasteiger partial charge on any atom is 0.0303 e. The van der Waals surface area contributed by atoms with Crippen LogP contribution in [0, 0.1) is 5.41 Å². The van der Waals surface area contributed by atoms with E-state index in [4.69, 9.17) is 0 Å². The Morgan fingerprint density at radius 3 is 2.40 bits per heavy atom. The molecule has 0 saturated heterocycles. The average molecular weight is 270 g/mol. The molecule has 1 rings (SSSR count). The Labute approximate surface area is 101 Å². The lowest BCUT2D eigenvalue weighted by Crippen LogP contribution is -2.29. The molecule has 0 radical (unpaired) electrons. The van der Waals surface area contributed by atoms with Crippen LogP contribution in [0.15, 0.2) is 28.7 Å². The summed E-state index contributed by atoms with van der Waals surface area (Å²) in [7, 11) is 0. The molecule has 0 heterocycles. The summed E-state index contributed by atoms with van der Waals surface area (Å²) >= 11 is 3.58. The third kappa shape index (κ3) is 4.35. The van der Waals surface area contributed by atoms with E-state index in [2.05, 4.69) is 67.1 Å². The minimum atomic E-state index is 0.329. The highest BCUT2D eigenvalue weighted by molar-refractivity contribution is 9.10. The van der Waals surface area contributed by atoms with Gasteiger partial charge in [-0.25, -0.2) is 0 Å². The molecule has 1 nitrogen and oxygen atoms in total. The van der Waals surface area contributed by atoms with Crippen molar-refractivity contribution in [2.75, 3.05) is 6.54 Å². The van der Waals surface area contributed by atoms with E-state index in [1.54, 1.807) is 0 Å². The molecule has 1 atom stereocenters. The summed E-state index contributed by atoms with van der Waals surface area (Å²) in [6, 6.07) is 8.76. The Balaban J connectivity index is 2.62. The fourth-order valence-electron chi connectivity index (χ4n) is 1.40. The van der Waals surface area contributed by atoms with Crippen molar-refractivity contribution in [2.24, 2.45) is 5.41 Å². The van der Waals surface area contributed by atoms with E-state index < -0.39 is 0 Å². The summed E-state index contributed by atoms with van der Waals surface area (Å²) in [6.45, 7) is 9.95. The molecule has 1 N–H and O–H groups in total. The molecule has 0 spiro atoms. The molecule has 1 aromatic rings. The van der Waals surface area contributed by atoms with Crippen molar-refractivity contribution in [2.45, 2.75) is 33.7 Å². The lowest BCUT2D eigenvalue weighted by atomic mass is 9.96. The van der Waals surface area contributed by atoms with E-state index in [0.717, 1.165) is 6.54 Å². The molecule has 84 valence electrons. The molecule has 0 fully saturated rings. The molecule has 2 heteroatoms. The standard InChI is InChI=1S/C13H20BrN/c1-10(15-9-13(2,3)4)11-7-5-6-8-12(11)14/h5-8,10,15H,9H2,1-4H3. The number of hydrogen-bond donors (Lipinski definition) is 1. The van der Waals surface area contributed by atoms with Crippen LogP contribution in [-0.4, -0.2) is 6.54 Å². The first-order valence-electron chi connectivity index (χ1n) is 5.38. The molecule has 15 heavy (non-hydrogen) atoms. The van der Waals surface area contributed by atoms with Gasteiger partial charge in [0.05, 0.1) is 0 Å². The van der Waals surface area contributed by atoms with E-state index in [0.29, 0.717) is 11.5 Å². The van der Waals surface area contributed by atoms with Gasteiger partial charge in [-0.1, -0.05) is 54.9 Å². The van der Waals surface area contributed by atoms with Crippen molar-refractivity contribution >= 4 is 15.9 Å². The van der Waals surface area contributed by atoms with Crippen molar-refractivity contribution in [3.05, 3.63) is 34.3 Å². The highest BCUT2D eigenvalue weighted by atomic mass is 79.9. The summed E-state index contributed by atoms with van der Waals surface area (Å²) in [5.41, 5.74) is 1.65. The van der Waals surface area contributed by atoms with Gasteiger partial charge in [-0.3, -0.25) is 0 Å². The van der Waals surface area contributed by atoms with Gasteiger partial charge in [0.1, 0.15) is 0 Å². The third-order valence-corrected chi connectivity index (χ3v) is 3.03. The van der Waals surface area contributed by atoms with Crippen molar-refractivity contribution in [1.29, 1.82) is 0 Å². The summed E-state index contributed by atoms with van der Waals surface area (Å²) in [4.78, 5) is 0. The van der Waals surface area contributed by atoms with Crippen LogP contribution in [-0.2, 0) is 0 Å². The largest absolute Gasteiger partial charge is 0.310 e. The van der Waals surface area contributed by atoms with Crippen LogP contribution in [0.25, 0.3) is 0 Å². The average Bonchev–Trinajstić information content (AvgIpc) is 2.14. The Kier molecular flexibility index (Phi) is 4.35. The Bertz CT molecular complexity index is 315. The van der Waals surface area contributed by atoms with Gasteiger partial charge in [0.25, 0.3) is 0 Å². The fourth-order valence-corrected chi connectivity index (χ4v) is 2.02. The molecular weight excluding hydrogens is 250 g/mol. The summed E-state index contributed by atoms with van der Waals surface area (Å²) in [5, 5.41) is 3.55. The molecule has 0 aliphatic heterocycles.